The van der Waals surface area contributed by atoms with Crippen molar-refractivity contribution in [1.29, 1.82) is 0 Å². The van der Waals surface area contributed by atoms with Gasteiger partial charge in [0.05, 0.1) is 18.7 Å². The van der Waals surface area contributed by atoms with Crippen LogP contribution in [-0.4, -0.2) is 20.7 Å². The van der Waals surface area contributed by atoms with E-state index in [9.17, 15) is 14.7 Å². The fourth-order valence-electron chi connectivity index (χ4n) is 3.63. The van der Waals surface area contributed by atoms with Gasteiger partial charge >= 0.3 is 5.97 Å². The van der Waals surface area contributed by atoms with Gasteiger partial charge in [-0.15, -0.1) is 11.3 Å². The molecule has 2 aromatic heterocycles. The Morgan fingerprint density at radius 1 is 1.10 bits per heavy atom. The van der Waals surface area contributed by atoms with Gasteiger partial charge in [-0.1, -0.05) is 23.7 Å². The summed E-state index contributed by atoms with van der Waals surface area (Å²) in [6.45, 7) is 2.08. The number of aliphatic hydroxyl groups excluding tert-OH is 1. The van der Waals surface area contributed by atoms with Gasteiger partial charge in [0.2, 0.25) is 0 Å². The van der Waals surface area contributed by atoms with E-state index in [1.54, 1.807) is 34.9 Å². The maximum atomic E-state index is 13.3. The lowest BCUT2D eigenvalue weighted by atomic mass is 10.00. The number of aliphatic hydroxyl groups is 1. The molecule has 0 bridgehead atoms. The summed E-state index contributed by atoms with van der Waals surface area (Å²) in [6.07, 6.45) is 0. The van der Waals surface area contributed by atoms with E-state index < -0.39 is 5.97 Å². The summed E-state index contributed by atoms with van der Waals surface area (Å²) in [5, 5.41) is 22.6. The zero-order valence-corrected chi connectivity index (χ0v) is 17.6. The first-order chi connectivity index (χ1) is 14.4. The smallest absolute Gasteiger partial charge is 0.335 e. The normalized spacial score (nSPS) is 11.2. The van der Waals surface area contributed by atoms with Gasteiger partial charge in [-0.25, -0.2) is 4.79 Å². The molecular formula is C23H18ClNO4S. The molecule has 0 amide bonds. The summed E-state index contributed by atoms with van der Waals surface area (Å²) in [5.74, 6) is -0.992. The molecule has 30 heavy (non-hydrogen) atoms. The predicted molar refractivity (Wildman–Crippen MR) is 120 cm³/mol. The third kappa shape index (κ3) is 3.54. The Morgan fingerprint density at radius 3 is 2.50 bits per heavy atom. The lowest BCUT2D eigenvalue weighted by Crippen LogP contribution is -2.24. The zero-order valence-electron chi connectivity index (χ0n) is 16.1. The Hall–Kier alpha value is -2.93. The van der Waals surface area contributed by atoms with Gasteiger partial charge in [-0.2, -0.15) is 0 Å². The average Bonchev–Trinajstić information content (AvgIpc) is 3.20. The molecule has 7 heteroatoms. The maximum absolute atomic E-state index is 13.3. The summed E-state index contributed by atoms with van der Waals surface area (Å²) in [6, 6.07) is 13.6. The molecule has 0 saturated heterocycles. The number of hydrogen-bond donors (Lipinski definition) is 2. The van der Waals surface area contributed by atoms with E-state index in [1.165, 1.54) is 23.5 Å². The van der Waals surface area contributed by atoms with Crippen LogP contribution in [0.4, 0.5) is 0 Å². The van der Waals surface area contributed by atoms with Crippen LogP contribution < -0.4 is 5.56 Å². The number of aromatic nitrogens is 1. The summed E-state index contributed by atoms with van der Waals surface area (Å²) in [4.78, 5) is 25.3. The molecule has 0 spiro atoms. The molecule has 0 aliphatic carbocycles. The number of carboxylic acid groups (broad SMARTS) is 1. The van der Waals surface area contributed by atoms with Crippen LogP contribution in [0.1, 0.15) is 27.2 Å². The van der Waals surface area contributed by atoms with Crippen molar-refractivity contribution in [1.82, 2.24) is 4.57 Å². The molecule has 0 aliphatic rings. The van der Waals surface area contributed by atoms with Gasteiger partial charge in [0.15, 0.2) is 0 Å². The van der Waals surface area contributed by atoms with Crippen LogP contribution in [-0.2, 0) is 13.2 Å². The van der Waals surface area contributed by atoms with E-state index in [0.717, 1.165) is 32.6 Å². The van der Waals surface area contributed by atoms with Crippen molar-refractivity contribution in [3.63, 3.8) is 0 Å². The number of aromatic carboxylic acids is 1. The van der Waals surface area contributed by atoms with Crippen LogP contribution in [0.3, 0.4) is 0 Å². The highest BCUT2D eigenvalue weighted by Gasteiger charge is 2.19. The van der Waals surface area contributed by atoms with Crippen molar-refractivity contribution in [2.45, 2.75) is 20.1 Å². The number of benzene rings is 2. The van der Waals surface area contributed by atoms with E-state index in [0.29, 0.717) is 17.0 Å². The maximum Gasteiger partial charge on any atom is 0.335 e. The minimum Gasteiger partial charge on any atom is -0.478 e. The molecule has 0 saturated carbocycles. The van der Waals surface area contributed by atoms with Crippen LogP contribution in [0, 0.1) is 6.92 Å². The van der Waals surface area contributed by atoms with Crippen molar-refractivity contribution in [2.24, 2.45) is 0 Å². The molecule has 0 aliphatic heterocycles. The van der Waals surface area contributed by atoms with Gasteiger partial charge in [0.1, 0.15) is 0 Å². The molecule has 0 unspecified atom stereocenters. The molecule has 4 aromatic rings. The molecule has 4 rings (SSSR count). The Kier molecular flexibility index (Phi) is 5.47. The minimum absolute atomic E-state index is 0.101. The number of hydrogen-bond acceptors (Lipinski definition) is 4. The van der Waals surface area contributed by atoms with Crippen LogP contribution in [0.2, 0.25) is 5.02 Å². The second-order valence-corrected chi connectivity index (χ2v) is 8.33. The molecule has 0 fully saturated rings. The second kappa shape index (κ2) is 8.07. The molecule has 0 radical (unpaired) electrons. The van der Waals surface area contributed by atoms with Crippen molar-refractivity contribution in [3.05, 3.63) is 91.7 Å². The number of halogens is 1. The second-order valence-electron chi connectivity index (χ2n) is 6.98. The summed E-state index contributed by atoms with van der Waals surface area (Å²) >= 11 is 7.74. The number of nitrogens with zero attached hydrogens (tertiary/aromatic N) is 1. The monoisotopic (exact) mass is 439 g/mol. The number of carboxylic acids is 1. The van der Waals surface area contributed by atoms with E-state index in [2.05, 4.69) is 0 Å². The van der Waals surface area contributed by atoms with Crippen molar-refractivity contribution >= 4 is 39.7 Å². The number of pyridine rings is 1. The largest absolute Gasteiger partial charge is 0.478 e. The van der Waals surface area contributed by atoms with E-state index in [4.69, 9.17) is 16.7 Å². The summed E-state index contributed by atoms with van der Waals surface area (Å²) in [7, 11) is 0. The standard InChI is InChI=1S/C23H18ClNO4S/c1-13-20(21-16(12-26)8-9-30-21)19-10-17(24)6-7-18(19)22(27)25(13)11-14-2-4-15(5-3-14)23(28)29/h2-10,26H,11-12H2,1H3,(H,28,29). The fourth-order valence-corrected chi connectivity index (χ4v) is 4.83. The van der Waals surface area contributed by atoms with Gasteiger partial charge in [-0.3, -0.25) is 4.79 Å². The summed E-state index contributed by atoms with van der Waals surface area (Å²) in [5.41, 5.74) is 3.29. The van der Waals surface area contributed by atoms with Crippen LogP contribution in [0.15, 0.2) is 58.7 Å². The van der Waals surface area contributed by atoms with Crippen LogP contribution >= 0.6 is 22.9 Å². The van der Waals surface area contributed by atoms with E-state index >= 15 is 0 Å². The quantitative estimate of drug-likeness (QED) is 0.462. The minimum atomic E-state index is -0.992. The lowest BCUT2D eigenvalue weighted by molar-refractivity contribution is 0.0697. The molecular weight excluding hydrogens is 422 g/mol. The van der Waals surface area contributed by atoms with Crippen molar-refractivity contribution in [2.75, 3.05) is 0 Å². The Labute approximate surface area is 181 Å². The SMILES string of the molecule is Cc1c(-c2sccc2CO)c2cc(Cl)ccc2c(=O)n1Cc1ccc(C(=O)O)cc1. The molecule has 0 atom stereocenters. The number of thiophene rings is 1. The Balaban J connectivity index is 1.95. The zero-order chi connectivity index (χ0) is 21.4. The number of fused-ring (bicyclic) bond motifs is 1. The van der Waals surface area contributed by atoms with Gasteiger partial charge in [0.25, 0.3) is 5.56 Å². The van der Waals surface area contributed by atoms with Gasteiger partial charge < -0.3 is 14.8 Å². The molecule has 152 valence electrons. The van der Waals surface area contributed by atoms with E-state index in [-0.39, 0.29) is 17.7 Å². The van der Waals surface area contributed by atoms with Gasteiger partial charge in [0, 0.05) is 26.5 Å². The lowest BCUT2D eigenvalue weighted by Gasteiger charge is -2.18. The van der Waals surface area contributed by atoms with Crippen LogP contribution in [0.5, 0.6) is 0 Å². The highest BCUT2D eigenvalue weighted by Crippen LogP contribution is 2.37. The van der Waals surface area contributed by atoms with Crippen LogP contribution in [0.25, 0.3) is 21.2 Å². The molecule has 2 N–H and O–H groups in total. The highest BCUT2D eigenvalue weighted by molar-refractivity contribution is 7.13. The first-order valence-corrected chi connectivity index (χ1v) is 10.5. The third-order valence-corrected chi connectivity index (χ3v) is 6.39. The number of carbonyl (C=O) groups is 1. The molecule has 5 nitrogen and oxygen atoms in total. The highest BCUT2D eigenvalue weighted by atomic mass is 35.5. The Bertz CT molecular complexity index is 1320. The van der Waals surface area contributed by atoms with Crippen molar-refractivity contribution in [3.8, 4) is 10.4 Å². The molecule has 2 heterocycles. The predicted octanol–water partition coefficient (Wildman–Crippen LogP) is 4.93. The fraction of sp³-hybridized carbons (Fsp3) is 0.130. The first kappa shape index (κ1) is 20.3. The third-order valence-electron chi connectivity index (χ3n) is 5.18. The van der Waals surface area contributed by atoms with Gasteiger partial charge in [-0.05, 0) is 65.2 Å². The summed E-state index contributed by atoms with van der Waals surface area (Å²) < 4.78 is 1.68. The number of rotatable bonds is 5. The van der Waals surface area contributed by atoms with Crippen molar-refractivity contribution < 1.29 is 15.0 Å². The Morgan fingerprint density at radius 2 is 1.83 bits per heavy atom. The van der Waals surface area contributed by atoms with E-state index in [1.807, 2.05) is 18.4 Å². The topological polar surface area (TPSA) is 79.5 Å². The molecule has 2 aromatic carbocycles. The average molecular weight is 440 g/mol. The first-order valence-electron chi connectivity index (χ1n) is 9.23.